The van der Waals surface area contributed by atoms with Crippen LogP contribution in [0.5, 0.6) is 11.5 Å². The minimum absolute atomic E-state index is 0.259. The number of fused-ring (bicyclic) bond motifs is 1. The Kier molecular flexibility index (Phi) is 2.33. The van der Waals surface area contributed by atoms with Crippen LogP contribution in [0.3, 0.4) is 0 Å². The lowest BCUT2D eigenvalue weighted by Crippen LogP contribution is -1.81. The van der Waals surface area contributed by atoms with Crippen LogP contribution >= 0.6 is 11.3 Å². The van der Waals surface area contributed by atoms with E-state index in [1.165, 1.54) is 4.88 Å². The Hall–Kier alpha value is -1.22. The normalized spacial score (nSPS) is 10.7. The van der Waals surface area contributed by atoms with Crippen molar-refractivity contribution in [2.45, 2.75) is 13.3 Å². The molecule has 14 heavy (non-hydrogen) atoms. The summed E-state index contributed by atoms with van der Waals surface area (Å²) >= 11 is 1.72. The molecule has 0 saturated carbocycles. The smallest absolute Gasteiger partial charge is 0.140 e. The summed E-state index contributed by atoms with van der Waals surface area (Å²) in [5, 5.41) is 10.5. The summed E-state index contributed by atoms with van der Waals surface area (Å²) in [6, 6.07) is 5.52. The fourth-order valence-electron chi connectivity index (χ4n) is 1.48. The minimum Gasteiger partial charge on any atom is -0.508 e. The maximum atomic E-state index is 9.45. The number of hydrogen-bond acceptors (Lipinski definition) is 3. The average molecular weight is 208 g/mol. The Morgan fingerprint density at radius 2 is 2.14 bits per heavy atom. The molecular formula is C11H12O2S. The Morgan fingerprint density at radius 1 is 1.36 bits per heavy atom. The lowest BCUT2D eigenvalue weighted by Gasteiger charge is -2.01. The highest BCUT2D eigenvalue weighted by Crippen LogP contribution is 2.36. The van der Waals surface area contributed by atoms with Gasteiger partial charge in [0.05, 0.1) is 11.8 Å². The van der Waals surface area contributed by atoms with E-state index in [9.17, 15) is 5.11 Å². The van der Waals surface area contributed by atoms with Crippen LogP contribution in [-0.4, -0.2) is 12.2 Å². The number of benzene rings is 1. The maximum absolute atomic E-state index is 9.45. The van der Waals surface area contributed by atoms with Crippen molar-refractivity contribution in [3.8, 4) is 11.5 Å². The summed E-state index contributed by atoms with van der Waals surface area (Å²) in [7, 11) is 1.62. The van der Waals surface area contributed by atoms with Crippen LogP contribution in [0.1, 0.15) is 11.8 Å². The third-order valence-electron chi connectivity index (χ3n) is 2.19. The molecule has 0 aliphatic heterocycles. The van der Waals surface area contributed by atoms with E-state index in [0.29, 0.717) is 0 Å². The van der Waals surface area contributed by atoms with Gasteiger partial charge in [-0.2, -0.15) is 0 Å². The van der Waals surface area contributed by atoms with E-state index in [-0.39, 0.29) is 5.75 Å². The van der Waals surface area contributed by atoms with Crippen molar-refractivity contribution in [2.75, 3.05) is 7.11 Å². The fraction of sp³-hybridized carbons (Fsp3) is 0.273. The zero-order valence-electron chi connectivity index (χ0n) is 8.20. The molecule has 1 N–H and O–H groups in total. The number of phenolic OH excluding ortho intramolecular Hbond substituents is 1. The van der Waals surface area contributed by atoms with Gasteiger partial charge in [-0.05, 0) is 18.6 Å². The van der Waals surface area contributed by atoms with E-state index in [2.05, 4.69) is 13.0 Å². The molecule has 3 heteroatoms. The van der Waals surface area contributed by atoms with Crippen LogP contribution in [0.25, 0.3) is 10.1 Å². The second kappa shape index (κ2) is 3.50. The zero-order chi connectivity index (χ0) is 10.1. The summed E-state index contributed by atoms with van der Waals surface area (Å²) in [5.41, 5.74) is 0. The van der Waals surface area contributed by atoms with E-state index < -0.39 is 0 Å². The van der Waals surface area contributed by atoms with Gasteiger partial charge in [-0.1, -0.05) is 6.92 Å². The largest absolute Gasteiger partial charge is 0.508 e. The van der Waals surface area contributed by atoms with Gasteiger partial charge in [-0.25, -0.2) is 0 Å². The molecule has 1 heterocycles. The number of hydrogen-bond donors (Lipinski definition) is 1. The molecule has 0 bridgehead atoms. The van der Waals surface area contributed by atoms with Crippen molar-refractivity contribution in [1.82, 2.24) is 0 Å². The van der Waals surface area contributed by atoms with Crippen LogP contribution in [0.15, 0.2) is 18.2 Å². The van der Waals surface area contributed by atoms with Gasteiger partial charge in [-0.15, -0.1) is 11.3 Å². The van der Waals surface area contributed by atoms with Gasteiger partial charge < -0.3 is 9.84 Å². The molecule has 0 amide bonds. The van der Waals surface area contributed by atoms with Crippen LogP contribution in [-0.2, 0) is 6.42 Å². The first kappa shape index (κ1) is 9.34. The number of rotatable bonds is 2. The number of aryl methyl sites for hydroxylation is 1. The van der Waals surface area contributed by atoms with E-state index >= 15 is 0 Å². The van der Waals surface area contributed by atoms with Gasteiger partial charge in [0.1, 0.15) is 11.5 Å². The number of thiophene rings is 1. The van der Waals surface area contributed by atoms with Crippen LogP contribution in [0.2, 0.25) is 0 Å². The Balaban J connectivity index is 2.71. The first-order valence-electron chi connectivity index (χ1n) is 4.54. The summed E-state index contributed by atoms with van der Waals surface area (Å²) in [6.07, 6.45) is 1.02. The topological polar surface area (TPSA) is 29.5 Å². The summed E-state index contributed by atoms with van der Waals surface area (Å²) in [6.45, 7) is 2.12. The molecule has 1 aromatic carbocycles. The molecule has 0 radical (unpaired) electrons. The molecule has 0 spiro atoms. The van der Waals surface area contributed by atoms with E-state index in [0.717, 1.165) is 22.3 Å². The molecule has 74 valence electrons. The summed E-state index contributed by atoms with van der Waals surface area (Å²) in [4.78, 5) is 1.31. The van der Waals surface area contributed by atoms with Crippen LogP contribution in [0, 0.1) is 0 Å². The van der Waals surface area contributed by atoms with E-state index in [4.69, 9.17) is 4.74 Å². The summed E-state index contributed by atoms with van der Waals surface area (Å²) in [5.74, 6) is 1.01. The molecule has 0 atom stereocenters. The predicted octanol–water partition coefficient (Wildman–Crippen LogP) is 3.18. The SMILES string of the molecule is CCc1cc2cc(O)cc(OC)c2s1. The van der Waals surface area contributed by atoms with Crippen molar-refractivity contribution in [3.05, 3.63) is 23.1 Å². The minimum atomic E-state index is 0.259. The number of phenols is 1. The van der Waals surface area contributed by atoms with Gasteiger partial charge in [-0.3, -0.25) is 0 Å². The van der Waals surface area contributed by atoms with Crippen molar-refractivity contribution in [2.24, 2.45) is 0 Å². The highest BCUT2D eigenvalue weighted by atomic mass is 32.1. The Morgan fingerprint density at radius 3 is 2.79 bits per heavy atom. The maximum Gasteiger partial charge on any atom is 0.140 e. The highest BCUT2D eigenvalue weighted by Gasteiger charge is 2.07. The van der Waals surface area contributed by atoms with Crippen LogP contribution in [0.4, 0.5) is 0 Å². The third kappa shape index (κ3) is 1.44. The van der Waals surface area contributed by atoms with E-state index in [1.54, 1.807) is 30.6 Å². The lowest BCUT2D eigenvalue weighted by atomic mass is 10.2. The monoisotopic (exact) mass is 208 g/mol. The van der Waals surface area contributed by atoms with Gasteiger partial charge in [0.15, 0.2) is 0 Å². The number of methoxy groups -OCH3 is 1. The van der Waals surface area contributed by atoms with Gasteiger partial charge in [0.25, 0.3) is 0 Å². The van der Waals surface area contributed by atoms with Crippen molar-refractivity contribution >= 4 is 21.4 Å². The van der Waals surface area contributed by atoms with Gasteiger partial charge in [0.2, 0.25) is 0 Å². The van der Waals surface area contributed by atoms with Crippen molar-refractivity contribution < 1.29 is 9.84 Å². The molecule has 2 aromatic rings. The second-order valence-corrected chi connectivity index (χ2v) is 4.27. The standard InChI is InChI=1S/C11H12O2S/c1-3-9-5-7-4-8(12)6-10(13-2)11(7)14-9/h4-6,12H,3H2,1-2H3. The van der Waals surface area contributed by atoms with Crippen molar-refractivity contribution in [1.29, 1.82) is 0 Å². The predicted molar refractivity (Wildman–Crippen MR) is 59.4 cm³/mol. The molecule has 0 fully saturated rings. The molecule has 2 nitrogen and oxygen atoms in total. The Bertz CT molecular complexity index is 460. The van der Waals surface area contributed by atoms with E-state index in [1.807, 2.05) is 0 Å². The third-order valence-corrected chi connectivity index (χ3v) is 3.50. The molecule has 0 aliphatic carbocycles. The first-order chi connectivity index (χ1) is 6.74. The van der Waals surface area contributed by atoms with Crippen molar-refractivity contribution in [3.63, 3.8) is 0 Å². The molecule has 0 unspecified atom stereocenters. The zero-order valence-corrected chi connectivity index (χ0v) is 9.02. The molecule has 2 rings (SSSR count). The summed E-state index contributed by atoms with van der Waals surface area (Å²) < 4.78 is 6.33. The second-order valence-electron chi connectivity index (χ2n) is 3.13. The Labute approximate surface area is 86.8 Å². The molecular weight excluding hydrogens is 196 g/mol. The number of ether oxygens (including phenoxy) is 1. The quantitative estimate of drug-likeness (QED) is 0.821. The lowest BCUT2D eigenvalue weighted by molar-refractivity contribution is 0.413. The molecule has 0 aliphatic rings. The van der Waals surface area contributed by atoms with Gasteiger partial charge in [0, 0.05) is 16.3 Å². The average Bonchev–Trinajstić information content (AvgIpc) is 2.59. The number of aromatic hydroxyl groups is 1. The highest BCUT2D eigenvalue weighted by molar-refractivity contribution is 7.19. The first-order valence-corrected chi connectivity index (χ1v) is 5.35. The fourth-order valence-corrected chi connectivity index (χ4v) is 2.56. The van der Waals surface area contributed by atoms with Crippen LogP contribution < -0.4 is 4.74 Å². The molecule has 0 saturated heterocycles. The van der Waals surface area contributed by atoms with Gasteiger partial charge >= 0.3 is 0 Å². The molecule has 1 aromatic heterocycles.